The molecular formula is C15H16F3N3O3S. The van der Waals surface area contributed by atoms with E-state index in [1.54, 1.807) is 9.80 Å². The van der Waals surface area contributed by atoms with Gasteiger partial charge in [-0.3, -0.25) is 4.79 Å². The minimum atomic E-state index is -4.67. The smallest absolute Gasteiger partial charge is 0.349 e. The van der Waals surface area contributed by atoms with Crippen LogP contribution in [0.15, 0.2) is 29.8 Å². The van der Waals surface area contributed by atoms with Crippen molar-refractivity contribution in [2.24, 2.45) is 0 Å². The Kier molecular flexibility index (Phi) is 4.26. The van der Waals surface area contributed by atoms with Gasteiger partial charge < -0.3 is 9.80 Å². The van der Waals surface area contributed by atoms with Crippen LogP contribution in [0, 0.1) is 0 Å². The van der Waals surface area contributed by atoms with E-state index in [0.29, 0.717) is 25.4 Å². The number of anilines is 1. The van der Waals surface area contributed by atoms with Gasteiger partial charge in [0.05, 0.1) is 11.3 Å². The van der Waals surface area contributed by atoms with E-state index in [1.807, 2.05) is 0 Å². The first-order valence-corrected chi connectivity index (χ1v) is 9.26. The van der Waals surface area contributed by atoms with E-state index in [-0.39, 0.29) is 36.5 Å². The molecule has 0 radical (unpaired) electrons. The number of rotatable bonds is 1. The van der Waals surface area contributed by atoms with Gasteiger partial charge >= 0.3 is 6.18 Å². The normalized spacial score (nSPS) is 22.6. The highest BCUT2D eigenvalue weighted by Crippen LogP contribution is 2.37. The number of fused-ring (bicyclic) bond motifs is 3. The summed E-state index contributed by atoms with van der Waals surface area (Å²) in [4.78, 5) is 18.4. The summed E-state index contributed by atoms with van der Waals surface area (Å²) in [7, 11) is -3.89. The van der Waals surface area contributed by atoms with Crippen molar-refractivity contribution in [3.05, 3.63) is 30.5 Å². The molecule has 0 spiro atoms. The van der Waals surface area contributed by atoms with Gasteiger partial charge in [0.1, 0.15) is 10.7 Å². The van der Waals surface area contributed by atoms with Crippen LogP contribution in [0.25, 0.3) is 0 Å². The molecule has 0 aliphatic carbocycles. The zero-order valence-corrected chi connectivity index (χ0v) is 14.0. The number of amides is 1. The van der Waals surface area contributed by atoms with E-state index in [4.69, 9.17) is 0 Å². The molecule has 1 aromatic heterocycles. The predicted octanol–water partition coefficient (Wildman–Crippen LogP) is 1.48. The lowest BCUT2D eigenvalue weighted by atomic mass is 10.1. The first-order chi connectivity index (χ1) is 11.6. The fourth-order valence-electron chi connectivity index (χ4n) is 3.15. The molecule has 3 rings (SSSR count). The Morgan fingerprint density at radius 3 is 2.72 bits per heavy atom. The summed E-state index contributed by atoms with van der Waals surface area (Å²) in [5, 5.41) is 0. The summed E-state index contributed by atoms with van der Waals surface area (Å²) in [5.41, 5.74) is -1.09. The van der Waals surface area contributed by atoms with Gasteiger partial charge in [-0.1, -0.05) is 6.58 Å². The van der Waals surface area contributed by atoms with Crippen molar-refractivity contribution in [1.29, 1.82) is 0 Å². The summed E-state index contributed by atoms with van der Waals surface area (Å²) >= 11 is 0. The van der Waals surface area contributed by atoms with Gasteiger partial charge in [0.15, 0.2) is 9.84 Å². The Hall–Kier alpha value is -2.10. The van der Waals surface area contributed by atoms with E-state index >= 15 is 0 Å². The third kappa shape index (κ3) is 3.22. The van der Waals surface area contributed by atoms with Crippen LogP contribution >= 0.6 is 0 Å². The molecule has 1 fully saturated rings. The average Bonchev–Trinajstić information content (AvgIpc) is 2.68. The number of carbonyl (C=O) groups is 1. The fraction of sp³-hybridized carbons (Fsp3) is 0.467. The maximum atomic E-state index is 12.9. The zero-order chi connectivity index (χ0) is 18.4. The maximum Gasteiger partial charge on any atom is 0.417 e. The van der Waals surface area contributed by atoms with Crippen molar-refractivity contribution >= 4 is 21.6 Å². The topological polar surface area (TPSA) is 70.6 Å². The molecule has 0 saturated carbocycles. The van der Waals surface area contributed by atoms with Gasteiger partial charge in [0, 0.05) is 31.9 Å². The predicted molar refractivity (Wildman–Crippen MR) is 83.8 cm³/mol. The second-order valence-corrected chi connectivity index (χ2v) is 8.06. The quantitative estimate of drug-likeness (QED) is 0.696. The first-order valence-electron chi connectivity index (χ1n) is 7.61. The SMILES string of the molecule is C=CC(=O)N1CCN2c3ncc(C(F)(F)F)cc3S(=O)(=O)CC[C@@H]2C1. The molecule has 1 atom stereocenters. The van der Waals surface area contributed by atoms with Crippen LogP contribution in [0.4, 0.5) is 19.0 Å². The molecular weight excluding hydrogens is 359 g/mol. The van der Waals surface area contributed by atoms with Crippen molar-refractivity contribution in [1.82, 2.24) is 9.88 Å². The van der Waals surface area contributed by atoms with E-state index in [9.17, 15) is 26.4 Å². The standard InChI is InChI=1S/C15H16F3N3O3S/c1-2-13(22)20-4-5-21-11(9-20)3-6-25(23,24)12-7-10(15(16,17)18)8-19-14(12)21/h2,7-8,11H,1,3-6,9H2/t11-/m1/s1. The average molecular weight is 375 g/mol. The van der Waals surface area contributed by atoms with Gasteiger partial charge in [-0.05, 0) is 18.6 Å². The number of aromatic nitrogens is 1. The Morgan fingerprint density at radius 2 is 2.08 bits per heavy atom. The molecule has 1 saturated heterocycles. The second kappa shape index (κ2) is 6.01. The van der Waals surface area contributed by atoms with Crippen molar-refractivity contribution in [2.75, 3.05) is 30.3 Å². The first kappa shape index (κ1) is 17.7. The minimum absolute atomic E-state index is 0.0289. The highest BCUT2D eigenvalue weighted by Gasteiger charge is 2.39. The van der Waals surface area contributed by atoms with Crippen molar-refractivity contribution < 1.29 is 26.4 Å². The van der Waals surface area contributed by atoms with Gasteiger partial charge in [-0.25, -0.2) is 13.4 Å². The van der Waals surface area contributed by atoms with Crippen LogP contribution in [0.5, 0.6) is 0 Å². The number of piperazine rings is 1. The summed E-state index contributed by atoms with van der Waals surface area (Å²) in [5.74, 6) is -0.520. The molecule has 2 aliphatic heterocycles. The maximum absolute atomic E-state index is 12.9. The molecule has 0 aromatic carbocycles. The number of hydrogen-bond acceptors (Lipinski definition) is 5. The van der Waals surface area contributed by atoms with E-state index in [0.717, 1.165) is 0 Å². The van der Waals surface area contributed by atoms with Crippen molar-refractivity contribution in [2.45, 2.75) is 23.5 Å². The van der Waals surface area contributed by atoms with Gasteiger partial charge in [0.2, 0.25) is 5.91 Å². The summed E-state index contributed by atoms with van der Waals surface area (Å²) in [6.45, 7) is 4.33. The van der Waals surface area contributed by atoms with Gasteiger partial charge in [-0.15, -0.1) is 0 Å². The van der Waals surface area contributed by atoms with Crippen molar-refractivity contribution in [3.63, 3.8) is 0 Å². The van der Waals surface area contributed by atoms with Gasteiger partial charge in [0.25, 0.3) is 0 Å². The Morgan fingerprint density at radius 1 is 1.36 bits per heavy atom. The molecule has 3 heterocycles. The third-order valence-corrected chi connectivity index (χ3v) is 6.20. The number of hydrogen-bond donors (Lipinski definition) is 0. The van der Waals surface area contributed by atoms with Crippen LogP contribution in [-0.4, -0.2) is 55.6 Å². The second-order valence-electron chi connectivity index (χ2n) is 5.99. The number of sulfone groups is 1. The lowest BCUT2D eigenvalue weighted by Crippen LogP contribution is -2.54. The Bertz CT molecular complexity index is 823. The number of nitrogens with zero attached hydrogens (tertiary/aromatic N) is 3. The largest absolute Gasteiger partial charge is 0.417 e. The third-order valence-electron chi connectivity index (χ3n) is 4.46. The fourth-order valence-corrected chi connectivity index (χ4v) is 4.71. The molecule has 6 nitrogen and oxygen atoms in total. The van der Waals surface area contributed by atoms with Crippen LogP contribution in [0.3, 0.4) is 0 Å². The highest BCUT2D eigenvalue weighted by molar-refractivity contribution is 7.91. The molecule has 25 heavy (non-hydrogen) atoms. The van der Waals surface area contributed by atoms with Crippen molar-refractivity contribution in [3.8, 4) is 0 Å². The molecule has 0 N–H and O–H groups in total. The van der Waals surface area contributed by atoms with E-state index in [2.05, 4.69) is 11.6 Å². The Labute approximate surface area is 142 Å². The monoisotopic (exact) mass is 375 g/mol. The lowest BCUT2D eigenvalue weighted by molar-refractivity contribution is -0.138. The molecule has 2 aliphatic rings. The molecule has 1 aromatic rings. The highest BCUT2D eigenvalue weighted by atomic mass is 32.2. The molecule has 136 valence electrons. The molecule has 10 heteroatoms. The summed E-state index contributed by atoms with van der Waals surface area (Å²) in [6, 6.07) is 0.333. The molecule has 1 amide bonds. The number of pyridine rings is 1. The minimum Gasteiger partial charge on any atom is -0.349 e. The van der Waals surface area contributed by atoms with Crippen LogP contribution < -0.4 is 4.90 Å². The van der Waals surface area contributed by atoms with Crippen LogP contribution in [0.2, 0.25) is 0 Å². The van der Waals surface area contributed by atoms with Gasteiger partial charge in [-0.2, -0.15) is 13.2 Å². The lowest BCUT2D eigenvalue weighted by Gasteiger charge is -2.41. The van der Waals surface area contributed by atoms with Crippen LogP contribution in [-0.2, 0) is 20.8 Å². The number of alkyl halides is 3. The van der Waals surface area contributed by atoms with Crippen LogP contribution in [0.1, 0.15) is 12.0 Å². The summed E-state index contributed by atoms with van der Waals surface area (Å²) < 4.78 is 63.7. The number of halogens is 3. The molecule has 0 bridgehead atoms. The number of carbonyl (C=O) groups excluding carboxylic acids is 1. The Balaban J connectivity index is 2.03. The zero-order valence-electron chi connectivity index (χ0n) is 13.2. The summed E-state index contributed by atoms with van der Waals surface area (Å²) in [6.07, 6.45) is -2.62. The van der Waals surface area contributed by atoms with E-state index in [1.165, 1.54) is 6.08 Å². The molecule has 0 unspecified atom stereocenters. The van der Waals surface area contributed by atoms with E-state index < -0.39 is 26.5 Å².